The maximum atomic E-state index is 9.54. The van der Waals surface area contributed by atoms with Gasteiger partial charge in [0.05, 0.1) is 6.10 Å². The van der Waals surface area contributed by atoms with Gasteiger partial charge in [-0.05, 0) is 25.0 Å². The molecule has 0 spiro atoms. The number of aliphatic hydroxyl groups excluding tert-OH is 1. The number of fused-ring (bicyclic) bond motifs is 1. The normalized spacial score (nSPS) is 21.6. The van der Waals surface area contributed by atoms with Crippen molar-refractivity contribution >= 4 is 6.08 Å². The fourth-order valence-corrected chi connectivity index (χ4v) is 1.87. The van der Waals surface area contributed by atoms with Crippen LogP contribution in [0, 0.1) is 6.92 Å². The lowest BCUT2D eigenvalue weighted by Gasteiger charge is -2.14. The van der Waals surface area contributed by atoms with Crippen LogP contribution in [-0.4, -0.2) is 11.2 Å². The largest absolute Gasteiger partial charge is 0.392 e. The van der Waals surface area contributed by atoms with E-state index < -0.39 is 0 Å². The van der Waals surface area contributed by atoms with Crippen LogP contribution in [0.25, 0.3) is 6.08 Å². The van der Waals surface area contributed by atoms with E-state index >= 15 is 0 Å². The molecule has 0 saturated carbocycles. The lowest BCUT2D eigenvalue weighted by molar-refractivity contribution is 0.180. The Balaban J connectivity index is 2.45. The number of hydrogen-bond donors (Lipinski definition) is 1. The molecule has 1 aliphatic carbocycles. The second kappa shape index (κ2) is 3.00. The molecule has 13 heavy (non-hydrogen) atoms. The summed E-state index contributed by atoms with van der Waals surface area (Å²) in [6.45, 7) is 3.92. The molecule has 0 radical (unpaired) electrons. The minimum atomic E-state index is -0.292. The first-order valence-electron chi connectivity index (χ1n) is 4.65. The Hall–Kier alpha value is -1.08. The van der Waals surface area contributed by atoms with Gasteiger partial charge in [0.1, 0.15) is 0 Å². The van der Waals surface area contributed by atoms with Gasteiger partial charge in [0.25, 0.3) is 0 Å². The molecule has 0 saturated heterocycles. The van der Waals surface area contributed by atoms with Crippen molar-refractivity contribution in [2.45, 2.75) is 25.9 Å². The van der Waals surface area contributed by atoms with Crippen LogP contribution in [0.1, 0.15) is 29.5 Å². The van der Waals surface area contributed by atoms with Gasteiger partial charge < -0.3 is 5.11 Å². The zero-order valence-corrected chi connectivity index (χ0v) is 7.99. The topological polar surface area (TPSA) is 20.2 Å². The van der Waals surface area contributed by atoms with Crippen molar-refractivity contribution in [3.63, 3.8) is 0 Å². The van der Waals surface area contributed by atoms with Crippen LogP contribution in [0.3, 0.4) is 0 Å². The van der Waals surface area contributed by atoms with Crippen LogP contribution in [0.4, 0.5) is 0 Å². The Morgan fingerprint density at radius 3 is 2.85 bits per heavy atom. The molecule has 1 N–H and O–H groups in total. The summed E-state index contributed by atoms with van der Waals surface area (Å²) in [6, 6.07) is 6.38. The summed E-state index contributed by atoms with van der Waals surface area (Å²) >= 11 is 0. The standard InChI is InChI=1S/C12H14O/c1-8-3-4-10-5-6-11(9(2)13)12(10)7-8/h3-7,9,11,13H,1-2H3. The van der Waals surface area contributed by atoms with Crippen LogP contribution in [0.2, 0.25) is 0 Å². The molecule has 0 bridgehead atoms. The van der Waals surface area contributed by atoms with Crippen molar-refractivity contribution in [2.75, 3.05) is 0 Å². The highest BCUT2D eigenvalue weighted by molar-refractivity contribution is 5.63. The van der Waals surface area contributed by atoms with Gasteiger partial charge in [-0.15, -0.1) is 0 Å². The third-order valence-electron chi connectivity index (χ3n) is 2.60. The zero-order chi connectivity index (χ0) is 9.42. The van der Waals surface area contributed by atoms with E-state index in [1.807, 2.05) is 6.92 Å². The molecule has 2 rings (SSSR count). The summed E-state index contributed by atoms with van der Waals surface area (Å²) in [5.41, 5.74) is 3.76. The molecule has 2 atom stereocenters. The van der Waals surface area contributed by atoms with Crippen molar-refractivity contribution in [1.29, 1.82) is 0 Å². The lowest BCUT2D eigenvalue weighted by Crippen LogP contribution is -2.10. The third-order valence-corrected chi connectivity index (χ3v) is 2.60. The minimum absolute atomic E-state index is 0.190. The zero-order valence-electron chi connectivity index (χ0n) is 7.99. The molecule has 1 aromatic carbocycles. The van der Waals surface area contributed by atoms with Gasteiger partial charge in [-0.25, -0.2) is 0 Å². The van der Waals surface area contributed by atoms with E-state index in [0.717, 1.165) is 0 Å². The fraction of sp³-hybridized carbons (Fsp3) is 0.333. The predicted molar refractivity (Wildman–Crippen MR) is 54.6 cm³/mol. The molecule has 0 amide bonds. The van der Waals surface area contributed by atoms with Gasteiger partial charge in [0.15, 0.2) is 0 Å². The molecule has 0 fully saturated rings. The Morgan fingerprint density at radius 1 is 1.38 bits per heavy atom. The van der Waals surface area contributed by atoms with Crippen LogP contribution in [-0.2, 0) is 0 Å². The second-order valence-electron chi connectivity index (χ2n) is 3.76. The summed E-state index contributed by atoms with van der Waals surface area (Å²) in [7, 11) is 0. The van der Waals surface area contributed by atoms with Crippen molar-refractivity contribution in [1.82, 2.24) is 0 Å². The van der Waals surface area contributed by atoms with Gasteiger partial charge in [-0.3, -0.25) is 0 Å². The molecular formula is C12H14O. The molecule has 68 valence electrons. The molecular weight excluding hydrogens is 160 g/mol. The first-order valence-corrected chi connectivity index (χ1v) is 4.65. The van der Waals surface area contributed by atoms with Crippen molar-refractivity contribution in [3.8, 4) is 0 Å². The average molecular weight is 174 g/mol. The van der Waals surface area contributed by atoms with Crippen molar-refractivity contribution < 1.29 is 5.11 Å². The first kappa shape index (κ1) is 8.52. The van der Waals surface area contributed by atoms with E-state index in [0.29, 0.717) is 0 Å². The molecule has 1 nitrogen and oxygen atoms in total. The SMILES string of the molecule is Cc1ccc2c(c1)C(C(C)O)C=C2. The Morgan fingerprint density at radius 2 is 2.15 bits per heavy atom. The minimum Gasteiger partial charge on any atom is -0.392 e. The number of benzene rings is 1. The highest BCUT2D eigenvalue weighted by atomic mass is 16.3. The number of aliphatic hydroxyl groups is 1. The second-order valence-corrected chi connectivity index (χ2v) is 3.76. The maximum absolute atomic E-state index is 9.54. The maximum Gasteiger partial charge on any atom is 0.0615 e. The van der Waals surface area contributed by atoms with E-state index in [-0.39, 0.29) is 12.0 Å². The first-order chi connectivity index (χ1) is 6.18. The van der Waals surface area contributed by atoms with E-state index in [2.05, 4.69) is 37.3 Å². The highest BCUT2D eigenvalue weighted by Crippen LogP contribution is 2.32. The summed E-state index contributed by atoms with van der Waals surface area (Å²) in [5, 5.41) is 9.54. The summed E-state index contributed by atoms with van der Waals surface area (Å²) < 4.78 is 0. The Labute approximate surface area is 78.7 Å². The van der Waals surface area contributed by atoms with Crippen molar-refractivity contribution in [3.05, 3.63) is 41.0 Å². The van der Waals surface area contributed by atoms with Crippen LogP contribution < -0.4 is 0 Å². The molecule has 0 heterocycles. The monoisotopic (exact) mass is 174 g/mol. The number of aryl methyl sites for hydroxylation is 1. The van der Waals surface area contributed by atoms with Crippen LogP contribution in [0.5, 0.6) is 0 Å². The van der Waals surface area contributed by atoms with Crippen LogP contribution >= 0.6 is 0 Å². The molecule has 0 aromatic heterocycles. The number of hydrogen-bond acceptors (Lipinski definition) is 1. The Kier molecular flexibility index (Phi) is 1.97. The quantitative estimate of drug-likeness (QED) is 0.693. The van der Waals surface area contributed by atoms with E-state index in [4.69, 9.17) is 0 Å². The average Bonchev–Trinajstić information content (AvgIpc) is 2.46. The Bertz CT molecular complexity index is 350. The van der Waals surface area contributed by atoms with E-state index in [1.54, 1.807) is 0 Å². The van der Waals surface area contributed by atoms with Gasteiger partial charge in [0.2, 0.25) is 0 Å². The summed E-state index contributed by atoms with van der Waals surface area (Å²) in [4.78, 5) is 0. The van der Waals surface area contributed by atoms with Crippen molar-refractivity contribution in [2.24, 2.45) is 0 Å². The number of rotatable bonds is 1. The van der Waals surface area contributed by atoms with E-state index in [9.17, 15) is 5.11 Å². The summed E-state index contributed by atoms with van der Waals surface area (Å²) in [5.74, 6) is 0.190. The molecule has 0 aliphatic heterocycles. The smallest absolute Gasteiger partial charge is 0.0615 e. The van der Waals surface area contributed by atoms with Gasteiger partial charge >= 0.3 is 0 Å². The lowest BCUT2D eigenvalue weighted by atomic mass is 9.95. The van der Waals surface area contributed by atoms with Crippen LogP contribution in [0.15, 0.2) is 24.3 Å². The van der Waals surface area contributed by atoms with Gasteiger partial charge in [-0.1, -0.05) is 35.9 Å². The molecule has 2 unspecified atom stereocenters. The predicted octanol–water partition coefficient (Wildman–Crippen LogP) is 2.49. The molecule has 1 aliphatic rings. The third kappa shape index (κ3) is 1.40. The summed E-state index contributed by atoms with van der Waals surface area (Å²) in [6.07, 6.45) is 3.88. The molecule has 1 heteroatoms. The highest BCUT2D eigenvalue weighted by Gasteiger charge is 2.20. The van der Waals surface area contributed by atoms with Gasteiger partial charge in [-0.2, -0.15) is 0 Å². The fourth-order valence-electron chi connectivity index (χ4n) is 1.87. The molecule has 1 aromatic rings. The van der Waals surface area contributed by atoms with Gasteiger partial charge in [0, 0.05) is 5.92 Å². The van der Waals surface area contributed by atoms with E-state index in [1.165, 1.54) is 16.7 Å².